The van der Waals surface area contributed by atoms with Crippen molar-refractivity contribution < 1.29 is 9.53 Å². The van der Waals surface area contributed by atoms with E-state index in [2.05, 4.69) is 26.5 Å². The van der Waals surface area contributed by atoms with E-state index >= 15 is 0 Å². The molecular formula is C21H17BrN2O2. The number of hydrazone groups is 1. The molecule has 3 aromatic rings. The first kappa shape index (κ1) is 17.9. The summed E-state index contributed by atoms with van der Waals surface area (Å²) >= 11 is 3.44. The Hall–Kier alpha value is -2.92. The number of methoxy groups -OCH3 is 1. The lowest BCUT2D eigenvalue weighted by Gasteiger charge is -2.08. The van der Waals surface area contributed by atoms with Gasteiger partial charge >= 0.3 is 0 Å². The minimum absolute atomic E-state index is 0.279. The van der Waals surface area contributed by atoms with Crippen molar-refractivity contribution in [2.75, 3.05) is 7.11 Å². The maximum absolute atomic E-state index is 12.4. The second kappa shape index (κ2) is 8.45. The lowest BCUT2D eigenvalue weighted by molar-refractivity contribution is 0.0955. The standard InChI is InChI=1S/C21H17BrN2O2/c1-26-19-13-9-17(10-14-19)21(25)24-23-20(15-5-3-2-4-6-15)16-7-11-18(22)12-8-16/h2-14H,1H3,(H,24,25)/b23-20+. The molecule has 0 bridgehead atoms. The van der Waals surface area contributed by atoms with Gasteiger partial charge < -0.3 is 4.74 Å². The third kappa shape index (κ3) is 4.37. The number of carbonyl (C=O) groups excluding carboxylic acids is 1. The molecule has 0 aliphatic rings. The van der Waals surface area contributed by atoms with Crippen LogP contribution in [0.15, 0.2) is 88.4 Å². The Morgan fingerprint density at radius 2 is 1.42 bits per heavy atom. The maximum atomic E-state index is 12.4. The highest BCUT2D eigenvalue weighted by atomic mass is 79.9. The van der Waals surface area contributed by atoms with Gasteiger partial charge in [0, 0.05) is 21.2 Å². The van der Waals surface area contributed by atoms with Gasteiger partial charge in [-0.15, -0.1) is 0 Å². The number of nitrogens with zero attached hydrogens (tertiary/aromatic N) is 1. The number of ether oxygens (including phenoxy) is 1. The zero-order valence-electron chi connectivity index (χ0n) is 14.1. The summed E-state index contributed by atoms with van der Waals surface area (Å²) < 4.78 is 6.09. The molecule has 0 aromatic heterocycles. The van der Waals surface area contributed by atoms with Gasteiger partial charge in [0.1, 0.15) is 5.75 Å². The quantitative estimate of drug-likeness (QED) is 0.493. The molecule has 0 saturated carbocycles. The van der Waals surface area contributed by atoms with Crippen molar-refractivity contribution in [1.29, 1.82) is 0 Å². The molecule has 3 aromatic carbocycles. The lowest BCUT2D eigenvalue weighted by atomic mass is 10.0. The Balaban J connectivity index is 1.88. The average Bonchev–Trinajstić information content (AvgIpc) is 2.70. The van der Waals surface area contributed by atoms with Crippen molar-refractivity contribution in [2.24, 2.45) is 5.10 Å². The van der Waals surface area contributed by atoms with Crippen molar-refractivity contribution in [3.8, 4) is 5.75 Å². The molecule has 130 valence electrons. The molecule has 0 unspecified atom stereocenters. The van der Waals surface area contributed by atoms with E-state index in [1.54, 1.807) is 31.4 Å². The highest BCUT2D eigenvalue weighted by Crippen LogP contribution is 2.15. The van der Waals surface area contributed by atoms with Gasteiger partial charge in [-0.05, 0) is 36.4 Å². The molecule has 0 fully saturated rings. The van der Waals surface area contributed by atoms with Crippen LogP contribution in [0.1, 0.15) is 21.5 Å². The first-order valence-corrected chi connectivity index (χ1v) is 8.80. The van der Waals surface area contributed by atoms with Crippen LogP contribution in [0, 0.1) is 0 Å². The molecule has 1 N–H and O–H groups in total. The van der Waals surface area contributed by atoms with Crippen LogP contribution in [0.2, 0.25) is 0 Å². The van der Waals surface area contributed by atoms with Gasteiger partial charge in [0.15, 0.2) is 0 Å². The topological polar surface area (TPSA) is 50.7 Å². The first-order chi connectivity index (χ1) is 12.7. The van der Waals surface area contributed by atoms with Gasteiger partial charge in [-0.25, -0.2) is 5.43 Å². The molecule has 0 aliphatic carbocycles. The Kier molecular flexibility index (Phi) is 5.81. The Labute approximate surface area is 160 Å². The zero-order chi connectivity index (χ0) is 18.4. The molecule has 0 radical (unpaired) electrons. The molecule has 0 saturated heterocycles. The van der Waals surface area contributed by atoms with Crippen LogP contribution < -0.4 is 10.2 Å². The van der Waals surface area contributed by atoms with Gasteiger partial charge in [-0.3, -0.25) is 4.79 Å². The summed E-state index contributed by atoms with van der Waals surface area (Å²) in [7, 11) is 1.59. The van der Waals surface area contributed by atoms with Crippen LogP contribution in [0.3, 0.4) is 0 Å². The molecule has 5 heteroatoms. The summed E-state index contributed by atoms with van der Waals surface area (Å²) in [4.78, 5) is 12.4. The number of hydrogen-bond donors (Lipinski definition) is 1. The number of halogens is 1. The molecule has 0 heterocycles. The molecular weight excluding hydrogens is 392 g/mol. The van der Waals surface area contributed by atoms with Crippen LogP contribution in [-0.2, 0) is 0 Å². The molecule has 3 rings (SSSR count). The van der Waals surface area contributed by atoms with Crippen molar-refractivity contribution in [2.45, 2.75) is 0 Å². The van der Waals surface area contributed by atoms with Crippen LogP contribution in [-0.4, -0.2) is 18.7 Å². The fourth-order valence-electron chi connectivity index (χ4n) is 2.41. The van der Waals surface area contributed by atoms with Crippen LogP contribution >= 0.6 is 15.9 Å². The van der Waals surface area contributed by atoms with Gasteiger partial charge in [0.25, 0.3) is 5.91 Å². The van der Waals surface area contributed by atoms with Gasteiger partial charge in [-0.2, -0.15) is 5.10 Å². The number of nitrogens with one attached hydrogen (secondary N) is 1. The summed E-state index contributed by atoms with van der Waals surface area (Å²) in [6, 6.07) is 24.4. The monoisotopic (exact) mass is 408 g/mol. The Morgan fingerprint density at radius 3 is 2.04 bits per heavy atom. The Morgan fingerprint density at radius 1 is 0.846 bits per heavy atom. The number of benzene rings is 3. The average molecular weight is 409 g/mol. The van der Waals surface area contributed by atoms with Crippen LogP contribution in [0.5, 0.6) is 5.75 Å². The maximum Gasteiger partial charge on any atom is 0.271 e. The van der Waals surface area contributed by atoms with E-state index in [9.17, 15) is 4.79 Å². The third-order valence-electron chi connectivity index (χ3n) is 3.79. The molecule has 1 amide bonds. The van der Waals surface area contributed by atoms with E-state index in [0.29, 0.717) is 17.0 Å². The largest absolute Gasteiger partial charge is 0.497 e. The van der Waals surface area contributed by atoms with E-state index in [1.807, 2.05) is 54.6 Å². The van der Waals surface area contributed by atoms with Crippen molar-refractivity contribution in [3.63, 3.8) is 0 Å². The van der Waals surface area contributed by atoms with Gasteiger partial charge in [0.2, 0.25) is 0 Å². The lowest BCUT2D eigenvalue weighted by Crippen LogP contribution is -2.20. The summed E-state index contributed by atoms with van der Waals surface area (Å²) in [6.07, 6.45) is 0. The van der Waals surface area contributed by atoms with Crippen LogP contribution in [0.4, 0.5) is 0 Å². The normalized spacial score (nSPS) is 11.1. The molecule has 0 spiro atoms. The van der Waals surface area contributed by atoms with E-state index in [-0.39, 0.29) is 5.91 Å². The van der Waals surface area contributed by atoms with E-state index in [4.69, 9.17) is 4.74 Å². The SMILES string of the molecule is COc1ccc(C(=O)N/N=C(\c2ccccc2)c2ccc(Br)cc2)cc1. The van der Waals surface area contributed by atoms with Crippen molar-refractivity contribution >= 4 is 27.5 Å². The minimum Gasteiger partial charge on any atom is -0.497 e. The van der Waals surface area contributed by atoms with Crippen LogP contribution in [0.25, 0.3) is 0 Å². The zero-order valence-corrected chi connectivity index (χ0v) is 15.7. The number of rotatable bonds is 5. The molecule has 0 atom stereocenters. The molecule has 4 nitrogen and oxygen atoms in total. The Bertz CT molecular complexity index is 905. The highest BCUT2D eigenvalue weighted by molar-refractivity contribution is 9.10. The summed E-state index contributed by atoms with van der Waals surface area (Å²) in [5.41, 5.74) is 5.68. The predicted octanol–water partition coefficient (Wildman–Crippen LogP) is 4.64. The second-order valence-corrected chi connectivity index (χ2v) is 6.42. The number of amides is 1. The third-order valence-corrected chi connectivity index (χ3v) is 4.32. The molecule has 0 aliphatic heterocycles. The predicted molar refractivity (Wildman–Crippen MR) is 107 cm³/mol. The molecule has 26 heavy (non-hydrogen) atoms. The summed E-state index contributed by atoms with van der Waals surface area (Å²) in [5.74, 6) is 0.420. The van der Waals surface area contributed by atoms with Crippen molar-refractivity contribution in [3.05, 3.63) is 100 Å². The fraction of sp³-hybridized carbons (Fsp3) is 0.0476. The van der Waals surface area contributed by atoms with Crippen molar-refractivity contribution in [1.82, 2.24) is 5.43 Å². The first-order valence-electron chi connectivity index (χ1n) is 8.01. The number of hydrogen-bond acceptors (Lipinski definition) is 3. The van der Waals surface area contributed by atoms with Gasteiger partial charge in [-0.1, -0.05) is 58.4 Å². The summed E-state index contributed by atoms with van der Waals surface area (Å²) in [6.45, 7) is 0. The summed E-state index contributed by atoms with van der Waals surface area (Å²) in [5, 5.41) is 4.38. The highest BCUT2D eigenvalue weighted by Gasteiger charge is 2.09. The van der Waals surface area contributed by atoms with Gasteiger partial charge in [0.05, 0.1) is 12.8 Å². The fourth-order valence-corrected chi connectivity index (χ4v) is 2.68. The van der Waals surface area contributed by atoms with E-state index < -0.39 is 0 Å². The number of carbonyl (C=O) groups is 1. The van der Waals surface area contributed by atoms with E-state index in [0.717, 1.165) is 15.6 Å². The van der Waals surface area contributed by atoms with E-state index in [1.165, 1.54) is 0 Å². The smallest absolute Gasteiger partial charge is 0.271 e. The second-order valence-electron chi connectivity index (χ2n) is 5.50. The minimum atomic E-state index is -0.279.